The summed E-state index contributed by atoms with van der Waals surface area (Å²) in [7, 11) is -2.29. The van der Waals surface area contributed by atoms with Crippen molar-refractivity contribution < 1.29 is 17.9 Å². The fourth-order valence-corrected chi connectivity index (χ4v) is 4.94. The number of aromatic nitrogens is 3. The van der Waals surface area contributed by atoms with Gasteiger partial charge in [-0.15, -0.1) is 0 Å². The summed E-state index contributed by atoms with van der Waals surface area (Å²) in [6, 6.07) is 13.1. The molecule has 11 heteroatoms. The summed E-state index contributed by atoms with van der Waals surface area (Å²) >= 11 is 1.37. The van der Waals surface area contributed by atoms with Crippen LogP contribution in [0.1, 0.15) is 12.6 Å². The molecule has 0 aliphatic rings. The van der Waals surface area contributed by atoms with E-state index in [0.29, 0.717) is 22.3 Å². The molecule has 2 N–H and O–H groups in total. The van der Waals surface area contributed by atoms with E-state index in [9.17, 15) is 13.2 Å². The zero-order chi connectivity index (χ0) is 22.2. The van der Waals surface area contributed by atoms with Crippen molar-refractivity contribution in [3.05, 3.63) is 54.2 Å². The predicted octanol–water partition coefficient (Wildman–Crippen LogP) is 3.56. The lowest BCUT2D eigenvalue weighted by atomic mass is 10.3. The lowest BCUT2D eigenvalue weighted by Crippen LogP contribution is -2.16. The summed E-state index contributed by atoms with van der Waals surface area (Å²) in [5.41, 5.74) is 1.91. The van der Waals surface area contributed by atoms with Gasteiger partial charge >= 0.3 is 0 Å². The van der Waals surface area contributed by atoms with Crippen LogP contribution < -0.4 is 14.8 Å². The molecule has 0 aliphatic carbocycles. The molecule has 2 aromatic heterocycles. The Kier molecular flexibility index (Phi) is 5.38. The summed E-state index contributed by atoms with van der Waals surface area (Å²) < 4.78 is 36.0. The van der Waals surface area contributed by atoms with Crippen molar-refractivity contribution in [2.75, 3.05) is 17.1 Å². The van der Waals surface area contributed by atoms with Gasteiger partial charge in [0.2, 0.25) is 11.0 Å². The van der Waals surface area contributed by atoms with Gasteiger partial charge in [-0.25, -0.2) is 13.4 Å². The second-order valence-corrected chi connectivity index (χ2v) is 9.42. The zero-order valence-electron chi connectivity index (χ0n) is 16.9. The Morgan fingerprint density at radius 1 is 1.13 bits per heavy atom. The van der Waals surface area contributed by atoms with Crippen LogP contribution in [0, 0.1) is 6.92 Å². The van der Waals surface area contributed by atoms with Crippen molar-refractivity contribution >= 4 is 49.0 Å². The third-order valence-corrected chi connectivity index (χ3v) is 6.69. The van der Waals surface area contributed by atoms with Crippen molar-refractivity contribution in [2.45, 2.75) is 18.7 Å². The van der Waals surface area contributed by atoms with Crippen LogP contribution in [0.15, 0.2) is 53.4 Å². The van der Waals surface area contributed by atoms with E-state index in [-0.39, 0.29) is 16.6 Å². The Labute approximate surface area is 182 Å². The molecule has 0 bridgehead atoms. The first-order valence-corrected chi connectivity index (χ1v) is 11.5. The average molecular weight is 458 g/mol. The van der Waals surface area contributed by atoms with Crippen LogP contribution in [0.25, 0.3) is 15.3 Å². The topological polar surface area (TPSA) is 115 Å². The van der Waals surface area contributed by atoms with Gasteiger partial charge in [0, 0.05) is 18.7 Å². The molecular formula is C20H19N5O4S2. The fraction of sp³-hybridized carbons (Fsp3) is 0.150. The van der Waals surface area contributed by atoms with Crippen LogP contribution in [0.3, 0.4) is 0 Å². The van der Waals surface area contributed by atoms with Crippen LogP contribution in [-0.4, -0.2) is 36.2 Å². The Hall–Kier alpha value is -3.44. The minimum Gasteiger partial charge on any atom is -0.497 e. The van der Waals surface area contributed by atoms with Crippen LogP contribution >= 0.6 is 11.3 Å². The molecular weight excluding hydrogens is 438 g/mol. The molecule has 9 nitrogen and oxygen atoms in total. The maximum atomic E-state index is 12.9. The number of carbonyl (C=O) groups is 1. The van der Waals surface area contributed by atoms with Gasteiger partial charge in [-0.05, 0) is 49.4 Å². The van der Waals surface area contributed by atoms with Crippen molar-refractivity contribution in [1.82, 2.24) is 14.8 Å². The van der Waals surface area contributed by atoms with Crippen molar-refractivity contribution in [2.24, 2.45) is 0 Å². The van der Waals surface area contributed by atoms with E-state index in [1.807, 2.05) is 18.2 Å². The average Bonchev–Trinajstić information content (AvgIpc) is 3.29. The number of anilines is 2. The molecule has 4 rings (SSSR count). The third-order valence-electron chi connectivity index (χ3n) is 4.32. The first-order valence-electron chi connectivity index (χ1n) is 9.17. The number of hydrogen-bond donors (Lipinski definition) is 2. The molecule has 0 spiro atoms. The summed E-state index contributed by atoms with van der Waals surface area (Å²) in [4.78, 5) is 15.8. The molecule has 2 aromatic carbocycles. The van der Waals surface area contributed by atoms with E-state index in [4.69, 9.17) is 4.74 Å². The molecule has 4 aromatic rings. The molecule has 0 saturated heterocycles. The number of benzene rings is 2. The molecule has 0 radical (unpaired) electrons. The summed E-state index contributed by atoms with van der Waals surface area (Å²) in [6.45, 7) is 3.15. The number of hydrogen-bond acceptors (Lipinski definition) is 7. The number of methoxy groups -OCH3 is 1. The van der Waals surface area contributed by atoms with Crippen LogP contribution in [0.4, 0.5) is 11.5 Å². The lowest BCUT2D eigenvalue weighted by Gasteiger charge is -2.09. The predicted molar refractivity (Wildman–Crippen MR) is 120 cm³/mol. The molecule has 160 valence electrons. The number of carbonyl (C=O) groups excluding carboxylic acids is 1. The van der Waals surface area contributed by atoms with Gasteiger partial charge in [0.05, 0.1) is 27.9 Å². The van der Waals surface area contributed by atoms with Gasteiger partial charge in [-0.3, -0.25) is 9.52 Å². The Balaban J connectivity index is 1.66. The molecule has 2 heterocycles. The van der Waals surface area contributed by atoms with E-state index in [0.717, 1.165) is 10.2 Å². The molecule has 0 saturated carbocycles. The number of aryl methyl sites for hydroxylation is 1. The summed E-state index contributed by atoms with van der Waals surface area (Å²) in [6.07, 6.45) is 0. The lowest BCUT2D eigenvalue weighted by molar-refractivity contribution is -0.114. The molecule has 31 heavy (non-hydrogen) atoms. The quantitative estimate of drug-likeness (QED) is 0.457. The standard InChI is InChI=1S/C20H19N5O4S2/c1-12-10-19(24-31(27,28)16-7-4-14(5-8-16)21-13(2)26)25(23-12)20-22-17-9-6-15(29-3)11-18(17)30-20/h4-11,24H,1-3H3,(H,21,26). The SMILES string of the molecule is COc1ccc2nc(-n3nc(C)cc3NS(=O)(=O)c3ccc(NC(C)=O)cc3)sc2c1. The first-order chi connectivity index (χ1) is 14.7. The highest BCUT2D eigenvalue weighted by atomic mass is 32.2. The Bertz CT molecular complexity index is 1370. The van der Waals surface area contributed by atoms with E-state index >= 15 is 0 Å². The largest absolute Gasteiger partial charge is 0.497 e. The fourth-order valence-electron chi connectivity index (χ4n) is 2.95. The van der Waals surface area contributed by atoms with Crippen molar-refractivity contribution in [3.63, 3.8) is 0 Å². The normalized spacial score (nSPS) is 11.5. The molecule has 1 amide bonds. The van der Waals surface area contributed by atoms with E-state index in [1.54, 1.807) is 20.1 Å². The number of amides is 1. The summed E-state index contributed by atoms with van der Waals surface area (Å²) in [5, 5.41) is 7.53. The molecule has 0 unspecified atom stereocenters. The van der Waals surface area contributed by atoms with Gasteiger partial charge < -0.3 is 10.1 Å². The van der Waals surface area contributed by atoms with Crippen LogP contribution in [-0.2, 0) is 14.8 Å². The maximum absolute atomic E-state index is 12.9. The van der Waals surface area contributed by atoms with Crippen LogP contribution in [0.5, 0.6) is 5.75 Å². The van der Waals surface area contributed by atoms with E-state index in [2.05, 4.69) is 20.1 Å². The smallest absolute Gasteiger partial charge is 0.263 e. The maximum Gasteiger partial charge on any atom is 0.263 e. The second kappa shape index (κ2) is 8.00. The Morgan fingerprint density at radius 3 is 2.55 bits per heavy atom. The first kappa shape index (κ1) is 20.8. The monoisotopic (exact) mass is 457 g/mol. The number of sulfonamides is 1. The summed E-state index contributed by atoms with van der Waals surface area (Å²) in [5.74, 6) is 0.749. The Morgan fingerprint density at radius 2 is 1.87 bits per heavy atom. The minimum absolute atomic E-state index is 0.0565. The highest BCUT2D eigenvalue weighted by molar-refractivity contribution is 7.92. The molecule has 0 atom stereocenters. The van der Waals surface area contributed by atoms with E-state index < -0.39 is 10.0 Å². The van der Waals surface area contributed by atoms with Gasteiger partial charge in [-0.2, -0.15) is 9.78 Å². The van der Waals surface area contributed by atoms with Gasteiger partial charge in [-0.1, -0.05) is 11.3 Å². The number of thiazole rings is 1. The number of nitrogens with zero attached hydrogens (tertiary/aromatic N) is 3. The number of ether oxygens (including phenoxy) is 1. The minimum atomic E-state index is -3.88. The molecule has 0 fully saturated rings. The highest BCUT2D eigenvalue weighted by Crippen LogP contribution is 2.30. The van der Waals surface area contributed by atoms with Crippen LogP contribution in [0.2, 0.25) is 0 Å². The highest BCUT2D eigenvalue weighted by Gasteiger charge is 2.20. The van der Waals surface area contributed by atoms with Gasteiger partial charge in [0.25, 0.3) is 10.0 Å². The zero-order valence-corrected chi connectivity index (χ0v) is 18.5. The number of nitrogens with one attached hydrogen (secondary N) is 2. The third kappa shape index (κ3) is 4.37. The second-order valence-electron chi connectivity index (χ2n) is 6.72. The van der Waals surface area contributed by atoms with Crippen molar-refractivity contribution in [3.8, 4) is 10.9 Å². The van der Waals surface area contributed by atoms with Gasteiger partial charge in [0.1, 0.15) is 11.6 Å². The molecule has 0 aliphatic heterocycles. The number of rotatable bonds is 6. The van der Waals surface area contributed by atoms with Gasteiger partial charge in [0.15, 0.2) is 0 Å². The van der Waals surface area contributed by atoms with Crippen molar-refractivity contribution in [1.29, 1.82) is 0 Å². The van der Waals surface area contributed by atoms with E-state index in [1.165, 1.54) is 47.2 Å². The number of fused-ring (bicyclic) bond motifs is 1.